The first kappa shape index (κ1) is 21.4. The third kappa shape index (κ3) is 3.89. The number of halogens is 3. The number of nitrogens with one attached hydrogen (secondary N) is 1. The van der Waals surface area contributed by atoms with E-state index in [1.807, 2.05) is 0 Å². The minimum absolute atomic E-state index is 0.0268. The first-order chi connectivity index (χ1) is 15.4. The number of nitrogens with zero attached hydrogens (tertiary/aromatic N) is 4. The van der Waals surface area contributed by atoms with Gasteiger partial charge in [0.15, 0.2) is 23.9 Å². The second kappa shape index (κ2) is 8.70. The number of hydrogen-bond acceptors (Lipinski definition) is 6. The summed E-state index contributed by atoms with van der Waals surface area (Å²) in [6, 6.07) is 9.13. The van der Waals surface area contributed by atoms with Crippen LogP contribution >= 0.6 is 23.2 Å². The maximum absolute atomic E-state index is 14.9. The van der Waals surface area contributed by atoms with Gasteiger partial charge in [0.1, 0.15) is 16.8 Å². The van der Waals surface area contributed by atoms with Gasteiger partial charge in [0.2, 0.25) is 0 Å². The molecule has 4 rings (SSSR count). The average molecular weight is 472 g/mol. The predicted octanol–water partition coefficient (Wildman–Crippen LogP) is 5.19. The predicted molar refractivity (Wildman–Crippen MR) is 116 cm³/mol. The van der Waals surface area contributed by atoms with Gasteiger partial charge in [0.25, 0.3) is 0 Å². The highest BCUT2D eigenvalue weighted by atomic mass is 35.5. The van der Waals surface area contributed by atoms with E-state index in [0.29, 0.717) is 22.8 Å². The fraction of sp³-hybridized carbons (Fsp3) is 0.0476. The summed E-state index contributed by atoms with van der Waals surface area (Å²) in [7, 11) is 0. The highest BCUT2D eigenvalue weighted by Gasteiger charge is 2.18. The van der Waals surface area contributed by atoms with Gasteiger partial charge in [-0.2, -0.15) is 5.26 Å². The number of aromatic carboxylic acids is 1. The number of anilines is 2. The molecule has 0 spiro atoms. The lowest BCUT2D eigenvalue weighted by Gasteiger charge is -2.11. The average Bonchev–Trinajstić information content (AvgIpc) is 3.19. The van der Waals surface area contributed by atoms with Crippen LogP contribution in [0.4, 0.5) is 15.9 Å². The molecule has 0 fully saturated rings. The number of fused-ring (bicyclic) bond motifs is 1. The summed E-state index contributed by atoms with van der Waals surface area (Å²) in [5.74, 6) is -1.44. The van der Waals surface area contributed by atoms with E-state index in [1.54, 1.807) is 22.7 Å². The Morgan fingerprint density at radius 1 is 1.28 bits per heavy atom. The van der Waals surface area contributed by atoms with Gasteiger partial charge >= 0.3 is 5.97 Å². The van der Waals surface area contributed by atoms with Crippen molar-refractivity contribution in [2.24, 2.45) is 0 Å². The fourth-order valence-electron chi connectivity index (χ4n) is 3.06. The molecular formula is C21H12Cl2FN5O3. The Morgan fingerprint density at radius 3 is 2.81 bits per heavy atom. The molecule has 0 atom stereocenters. The van der Waals surface area contributed by atoms with E-state index >= 15 is 0 Å². The van der Waals surface area contributed by atoms with Gasteiger partial charge in [-0.05, 0) is 30.3 Å². The van der Waals surface area contributed by atoms with Gasteiger partial charge in [0.05, 0.1) is 22.5 Å². The molecule has 0 aliphatic rings. The Balaban J connectivity index is 1.72. The number of imidazole rings is 1. The number of hydrogen-bond donors (Lipinski definition) is 2. The third-order valence-electron chi connectivity index (χ3n) is 4.51. The van der Waals surface area contributed by atoms with Crippen LogP contribution in [0.5, 0.6) is 5.75 Å². The summed E-state index contributed by atoms with van der Waals surface area (Å²) < 4.78 is 21.7. The molecule has 0 saturated heterocycles. The maximum Gasteiger partial charge on any atom is 0.337 e. The molecule has 0 aliphatic carbocycles. The lowest BCUT2D eigenvalue weighted by Crippen LogP contribution is -2.01. The minimum Gasteiger partial charge on any atom is -0.478 e. The van der Waals surface area contributed by atoms with E-state index < -0.39 is 11.8 Å². The molecule has 8 nitrogen and oxygen atoms in total. The molecule has 4 aromatic rings. The van der Waals surface area contributed by atoms with E-state index in [9.17, 15) is 9.18 Å². The highest BCUT2D eigenvalue weighted by molar-refractivity contribution is 6.33. The number of ether oxygens (including phenoxy) is 1. The molecule has 0 bridgehead atoms. The van der Waals surface area contributed by atoms with Crippen molar-refractivity contribution in [3.05, 3.63) is 70.3 Å². The third-order valence-corrected chi connectivity index (χ3v) is 5.17. The molecule has 0 aliphatic heterocycles. The monoisotopic (exact) mass is 471 g/mol. The van der Waals surface area contributed by atoms with Crippen LogP contribution in [-0.4, -0.2) is 32.1 Å². The molecule has 11 heteroatoms. The summed E-state index contributed by atoms with van der Waals surface area (Å²) >= 11 is 12.1. The summed E-state index contributed by atoms with van der Waals surface area (Å²) in [5.41, 5.74) is 1.45. The van der Waals surface area contributed by atoms with Crippen molar-refractivity contribution in [3.8, 4) is 23.1 Å². The van der Waals surface area contributed by atoms with Gasteiger partial charge in [-0.25, -0.2) is 19.2 Å². The van der Waals surface area contributed by atoms with Crippen LogP contribution in [0.2, 0.25) is 10.0 Å². The number of carboxylic acids is 1. The van der Waals surface area contributed by atoms with Gasteiger partial charge in [0, 0.05) is 23.6 Å². The Kier molecular flexibility index (Phi) is 5.81. The Labute approximate surface area is 190 Å². The van der Waals surface area contributed by atoms with Crippen molar-refractivity contribution in [2.75, 3.05) is 11.9 Å². The molecule has 2 N–H and O–H groups in total. The molecule has 2 aromatic heterocycles. The molecule has 0 unspecified atom stereocenters. The van der Waals surface area contributed by atoms with Crippen LogP contribution in [0.25, 0.3) is 16.9 Å². The summed E-state index contributed by atoms with van der Waals surface area (Å²) in [5, 5.41) is 20.6. The Bertz CT molecular complexity index is 1400. The van der Waals surface area contributed by atoms with E-state index in [1.165, 1.54) is 36.7 Å². The normalized spacial score (nSPS) is 10.7. The zero-order valence-electron chi connectivity index (χ0n) is 16.0. The zero-order chi connectivity index (χ0) is 22.8. The number of carboxylic acid groups (broad SMARTS) is 1. The lowest BCUT2D eigenvalue weighted by atomic mass is 10.1. The van der Waals surface area contributed by atoms with Crippen LogP contribution in [0, 0.1) is 17.1 Å². The minimum atomic E-state index is -1.13. The topological polar surface area (TPSA) is 113 Å². The summed E-state index contributed by atoms with van der Waals surface area (Å²) in [6.45, 7) is -0.258. The summed E-state index contributed by atoms with van der Waals surface area (Å²) in [4.78, 5) is 19.7. The first-order valence-corrected chi connectivity index (χ1v) is 9.76. The number of carbonyl (C=O) groups is 1. The van der Waals surface area contributed by atoms with Gasteiger partial charge in [-0.3, -0.25) is 4.40 Å². The lowest BCUT2D eigenvalue weighted by molar-refractivity contribution is 0.0697. The largest absolute Gasteiger partial charge is 0.478 e. The fourth-order valence-corrected chi connectivity index (χ4v) is 3.54. The summed E-state index contributed by atoms with van der Waals surface area (Å²) in [6.07, 6.45) is 4.57. The molecule has 0 radical (unpaired) electrons. The second-order valence-corrected chi connectivity index (χ2v) is 7.21. The highest BCUT2D eigenvalue weighted by Crippen LogP contribution is 2.35. The van der Waals surface area contributed by atoms with E-state index in [2.05, 4.69) is 15.3 Å². The molecule has 2 heterocycles. The van der Waals surface area contributed by atoms with Crippen LogP contribution in [0.15, 0.2) is 48.9 Å². The zero-order valence-corrected chi connectivity index (χ0v) is 17.5. The van der Waals surface area contributed by atoms with Gasteiger partial charge < -0.3 is 15.2 Å². The van der Waals surface area contributed by atoms with Crippen molar-refractivity contribution in [1.82, 2.24) is 14.4 Å². The molecule has 160 valence electrons. The Hall–Kier alpha value is -3.87. The number of benzene rings is 2. The van der Waals surface area contributed by atoms with Crippen molar-refractivity contribution in [3.63, 3.8) is 0 Å². The Morgan fingerprint density at radius 2 is 2.09 bits per heavy atom. The van der Waals surface area contributed by atoms with E-state index in [4.69, 9.17) is 38.3 Å². The van der Waals surface area contributed by atoms with Crippen LogP contribution in [0.1, 0.15) is 10.4 Å². The number of rotatable bonds is 6. The molecule has 0 saturated carbocycles. The van der Waals surface area contributed by atoms with E-state index in [-0.39, 0.29) is 33.5 Å². The van der Waals surface area contributed by atoms with Gasteiger partial charge in [-0.1, -0.05) is 23.2 Å². The standard InChI is InChI=1S/C21H12Cl2FN5O3/c22-14-9-11(1-2-12(14)21(30)31)28-19-20-27-10-15(29(20)7-6-26-19)13-3-4-16(32-8-5-25)17(23)18(13)24/h1-4,6-7,9-10H,8H2,(H,26,28)(H,30,31). The first-order valence-electron chi connectivity index (χ1n) is 9.00. The molecule has 32 heavy (non-hydrogen) atoms. The van der Waals surface area contributed by atoms with Crippen molar-refractivity contribution in [2.45, 2.75) is 0 Å². The quantitative estimate of drug-likeness (QED) is 0.397. The van der Waals surface area contributed by atoms with Crippen LogP contribution < -0.4 is 10.1 Å². The molecule has 2 aromatic carbocycles. The van der Waals surface area contributed by atoms with Crippen LogP contribution in [-0.2, 0) is 0 Å². The number of aromatic nitrogens is 3. The molecule has 0 amide bonds. The smallest absolute Gasteiger partial charge is 0.337 e. The van der Waals surface area contributed by atoms with Crippen LogP contribution in [0.3, 0.4) is 0 Å². The number of nitriles is 1. The molecular weight excluding hydrogens is 460 g/mol. The second-order valence-electron chi connectivity index (χ2n) is 6.42. The van der Waals surface area contributed by atoms with Crippen molar-refractivity contribution >= 4 is 46.3 Å². The SMILES string of the molecule is N#CCOc1ccc(-c2cnc3c(Nc4ccc(C(=O)O)c(Cl)c4)nccn23)c(F)c1Cl. The van der Waals surface area contributed by atoms with Crippen molar-refractivity contribution < 1.29 is 19.0 Å². The van der Waals surface area contributed by atoms with Crippen molar-refractivity contribution in [1.29, 1.82) is 5.26 Å². The van der Waals surface area contributed by atoms with E-state index in [0.717, 1.165) is 0 Å². The maximum atomic E-state index is 14.9. The van der Waals surface area contributed by atoms with Gasteiger partial charge in [-0.15, -0.1) is 0 Å².